The quantitative estimate of drug-likeness (QED) is 0.250. The molecule has 0 atom stereocenters. The van der Waals surface area contributed by atoms with Gasteiger partial charge in [-0.2, -0.15) is 5.10 Å². The van der Waals surface area contributed by atoms with Crippen LogP contribution in [0.3, 0.4) is 0 Å². The molecule has 40 heavy (non-hydrogen) atoms. The molecule has 1 fully saturated rings. The fourth-order valence-electron chi connectivity index (χ4n) is 4.77. The first kappa shape index (κ1) is 25.2. The highest BCUT2D eigenvalue weighted by Gasteiger charge is 2.25. The van der Waals surface area contributed by atoms with Crippen LogP contribution < -0.4 is 21.6 Å². The number of rotatable bonds is 7. The minimum absolute atomic E-state index is 0.0361. The van der Waals surface area contributed by atoms with Crippen LogP contribution in [0, 0.1) is 12.8 Å². The lowest BCUT2D eigenvalue weighted by atomic mass is 9.85. The molecule has 11 heteroatoms. The summed E-state index contributed by atoms with van der Waals surface area (Å²) >= 11 is 0. The Hall–Kier alpha value is -5.06. The molecule has 202 valence electrons. The van der Waals surface area contributed by atoms with Crippen molar-refractivity contribution in [1.29, 1.82) is 0 Å². The summed E-state index contributed by atoms with van der Waals surface area (Å²) in [5.74, 6) is 1.39. The Balaban J connectivity index is 1.42. The maximum Gasteiger partial charge on any atom is 0.227 e. The molecule has 0 aliphatic heterocycles. The Kier molecular flexibility index (Phi) is 6.69. The number of aromatic nitrogens is 8. The number of nitrogens with two attached hydrogens (primary N) is 1. The number of pyridine rings is 2. The molecule has 5 aromatic rings. The number of hydrogen-bond acceptors (Lipinski definition) is 7. The Morgan fingerprint density at radius 1 is 1.27 bits per heavy atom. The van der Waals surface area contributed by atoms with E-state index >= 15 is 0 Å². The number of fused-ring (bicyclic) bond motifs is 1. The van der Waals surface area contributed by atoms with E-state index in [4.69, 9.17) is 10.7 Å². The Labute approximate surface area is 230 Å². The third-order valence-electron chi connectivity index (χ3n) is 7.10. The van der Waals surface area contributed by atoms with Gasteiger partial charge in [-0.1, -0.05) is 19.4 Å². The van der Waals surface area contributed by atoms with Gasteiger partial charge in [0.25, 0.3) is 0 Å². The van der Waals surface area contributed by atoms with Crippen molar-refractivity contribution < 1.29 is 4.79 Å². The van der Waals surface area contributed by atoms with E-state index in [9.17, 15) is 4.79 Å². The lowest BCUT2D eigenvalue weighted by Gasteiger charge is -2.24. The molecule has 1 saturated carbocycles. The summed E-state index contributed by atoms with van der Waals surface area (Å²) < 4.78 is 1.86. The Bertz CT molecular complexity index is 1850. The van der Waals surface area contributed by atoms with E-state index in [0.717, 1.165) is 58.6 Å². The second kappa shape index (κ2) is 10.6. The molecule has 0 aromatic carbocycles. The minimum Gasteiger partial charge on any atom is -0.404 e. The fraction of sp³-hybridized carbons (Fsp3) is 0.241. The topological polar surface area (TPSA) is 156 Å². The van der Waals surface area contributed by atoms with E-state index in [0.29, 0.717) is 28.5 Å². The molecule has 5 aromatic heterocycles. The zero-order valence-electron chi connectivity index (χ0n) is 22.3. The van der Waals surface area contributed by atoms with Crippen molar-refractivity contribution in [3.8, 4) is 17.3 Å². The number of carbonyl (C=O) groups is 1. The second-order valence-corrected chi connectivity index (χ2v) is 9.90. The van der Waals surface area contributed by atoms with Crippen LogP contribution in [-0.2, 0) is 4.79 Å². The summed E-state index contributed by atoms with van der Waals surface area (Å²) in [7, 11) is 0. The van der Waals surface area contributed by atoms with Gasteiger partial charge in [-0.15, -0.1) is 0 Å². The number of aryl methyl sites for hydroxylation is 1. The molecular formula is C29H30N10O. The van der Waals surface area contributed by atoms with Crippen molar-refractivity contribution in [2.75, 3.05) is 5.32 Å². The molecular weight excluding hydrogens is 504 g/mol. The van der Waals surface area contributed by atoms with Crippen LogP contribution in [0.25, 0.3) is 46.1 Å². The number of amides is 1. The van der Waals surface area contributed by atoms with Crippen LogP contribution in [-0.4, -0.2) is 45.6 Å². The molecule has 5 N–H and O–H groups in total. The summed E-state index contributed by atoms with van der Waals surface area (Å²) in [5, 5.41) is 12.4. The van der Waals surface area contributed by atoms with E-state index in [1.54, 1.807) is 24.9 Å². The molecule has 11 nitrogen and oxygen atoms in total. The highest BCUT2D eigenvalue weighted by Crippen LogP contribution is 2.28. The van der Waals surface area contributed by atoms with Crippen LogP contribution in [0.15, 0.2) is 49.4 Å². The van der Waals surface area contributed by atoms with Crippen LogP contribution in [0.1, 0.15) is 43.9 Å². The van der Waals surface area contributed by atoms with Crippen molar-refractivity contribution in [1.82, 2.24) is 39.7 Å². The molecule has 5 heterocycles. The monoisotopic (exact) mass is 534 g/mol. The molecule has 1 aliphatic rings. The van der Waals surface area contributed by atoms with Gasteiger partial charge in [-0.05, 0) is 50.0 Å². The van der Waals surface area contributed by atoms with E-state index in [1.165, 1.54) is 6.20 Å². The highest BCUT2D eigenvalue weighted by atomic mass is 16.1. The van der Waals surface area contributed by atoms with Gasteiger partial charge in [0.2, 0.25) is 5.91 Å². The van der Waals surface area contributed by atoms with Crippen molar-refractivity contribution in [2.24, 2.45) is 11.7 Å². The third-order valence-corrected chi connectivity index (χ3v) is 7.10. The average Bonchev–Trinajstić information content (AvgIpc) is 3.64. The molecule has 1 amide bonds. The summed E-state index contributed by atoms with van der Waals surface area (Å²) in [4.78, 5) is 34.0. The molecule has 6 rings (SSSR count). The van der Waals surface area contributed by atoms with E-state index in [-0.39, 0.29) is 11.8 Å². The van der Waals surface area contributed by atoms with Gasteiger partial charge in [-0.3, -0.25) is 19.4 Å². The second-order valence-electron chi connectivity index (χ2n) is 9.90. The zero-order valence-corrected chi connectivity index (χ0v) is 22.3. The standard InChI is InChI=1S/C29H30N10O/c1-3-5-23-22(11-19(12-30)20-10-21(14-31-13-20)34-29(40)18-6-4-7-18)25(38-37-23)27-35-24-8-9-32-28(26(24)36-27)39-15-17(2)33-16-39/h5,8-16,18,37H,3-4,6-7,30H2,1-2H3,(H,34,40)(H,35,36)/b19-12+,22-11+,23-5-. The molecule has 1 aliphatic carbocycles. The summed E-state index contributed by atoms with van der Waals surface area (Å²) in [5.41, 5.74) is 11.3. The van der Waals surface area contributed by atoms with Crippen molar-refractivity contribution in [3.63, 3.8) is 0 Å². The van der Waals surface area contributed by atoms with Crippen LogP contribution in [0.4, 0.5) is 5.69 Å². The number of anilines is 1. The first-order valence-corrected chi connectivity index (χ1v) is 13.3. The number of H-pyrrole nitrogens is 2. The normalized spacial score (nSPS) is 15.1. The van der Waals surface area contributed by atoms with Gasteiger partial charge in [0.15, 0.2) is 11.6 Å². The third kappa shape index (κ3) is 4.77. The number of nitrogens with one attached hydrogen (secondary N) is 3. The van der Waals surface area contributed by atoms with Crippen molar-refractivity contribution >= 4 is 40.4 Å². The lowest BCUT2D eigenvalue weighted by Crippen LogP contribution is -2.28. The number of carbonyl (C=O) groups excluding carboxylic acids is 1. The predicted octanol–water partition coefficient (Wildman–Crippen LogP) is 2.95. The first-order chi connectivity index (χ1) is 19.5. The van der Waals surface area contributed by atoms with E-state index in [2.05, 4.69) is 48.4 Å². The number of nitrogens with zero attached hydrogens (tertiary/aromatic N) is 6. The molecule has 0 radical (unpaired) electrons. The largest absolute Gasteiger partial charge is 0.404 e. The molecule has 0 bridgehead atoms. The van der Waals surface area contributed by atoms with Gasteiger partial charge in [0.1, 0.15) is 17.5 Å². The van der Waals surface area contributed by atoms with E-state index in [1.807, 2.05) is 35.9 Å². The first-order valence-electron chi connectivity index (χ1n) is 13.3. The van der Waals surface area contributed by atoms with Crippen LogP contribution >= 0.6 is 0 Å². The highest BCUT2D eigenvalue weighted by molar-refractivity contribution is 5.95. The minimum atomic E-state index is 0.0361. The van der Waals surface area contributed by atoms with Gasteiger partial charge < -0.3 is 16.0 Å². The molecule has 0 saturated heterocycles. The van der Waals surface area contributed by atoms with E-state index < -0.39 is 0 Å². The smallest absolute Gasteiger partial charge is 0.227 e. The molecule has 0 spiro atoms. The van der Waals surface area contributed by atoms with Gasteiger partial charge in [0, 0.05) is 41.5 Å². The van der Waals surface area contributed by atoms with Crippen molar-refractivity contribution in [2.45, 2.75) is 39.5 Å². The van der Waals surface area contributed by atoms with Gasteiger partial charge in [0.05, 0.1) is 28.4 Å². The van der Waals surface area contributed by atoms with Crippen LogP contribution in [0.5, 0.6) is 0 Å². The number of hydrogen-bond donors (Lipinski definition) is 4. The SMILES string of the molecule is CC\C=c1/[nH]nc(-c2nc3c(-n4cnc(C)c4)nccc3[nH]2)/c1=C/C(=C\N)c1cncc(NC(=O)C2CCC2)c1. The Morgan fingerprint density at radius 2 is 2.15 bits per heavy atom. The van der Waals surface area contributed by atoms with Crippen LogP contribution in [0.2, 0.25) is 0 Å². The zero-order chi connectivity index (χ0) is 27.6. The van der Waals surface area contributed by atoms with Crippen molar-refractivity contribution in [3.05, 3.63) is 71.3 Å². The summed E-state index contributed by atoms with van der Waals surface area (Å²) in [6.07, 6.45) is 18.1. The number of allylic oxidation sites excluding steroid dienone is 1. The maximum atomic E-state index is 12.5. The predicted molar refractivity (Wildman–Crippen MR) is 154 cm³/mol. The fourth-order valence-corrected chi connectivity index (χ4v) is 4.77. The summed E-state index contributed by atoms with van der Waals surface area (Å²) in [6, 6.07) is 3.77. The number of aromatic amines is 2. The number of imidazole rings is 2. The Morgan fingerprint density at radius 3 is 2.88 bits per heavy atom. The summed E-state index contributed by atoms with van der Waals surface area (Å²) in [6.45, 7) is 3.99. The van der Waals surface area contributed by atoms with Gasteiger partial charge in [-0.25, -0.2) is 15.0 Å². The molecule has 0 unspecified atom stereocenters. The average molecular weight is 535 g/mol. The lowest BCUT2D eigenvalue weighted by molar-refractivity contribution is -0.122. The maximum absolute atomic E-state index is 12.5. The van der Waals surface area contributed by atoms with Gasteiger partial charge >= 0.3 is 0 Å².